The number of alkyl halides is 3. The van der Waals surface area contributed by atoms with Gasteiger partial charge in [-0.2, -0.15) is 0 Å². The van der Waals surface area contributed by atoms with Crippen LogP contribution in [0.25, 0.3) is 11.1 Å². The first-order valence-corrected chi connectivity index (χ1v) is 6.48. The fourth-order valence-electron chi connectivity index (χ4n) is 1.89. The predicted molar refractivity (Wildman–Crippen MR) is 73.0 cm³/mol. The average Bonchev–Trinajstić information content (AvgIpc) is 2.47. The van der Waals surface area contributed by atoms with E-state index in [-0.39, 0.29) is 30.0 Å². The highest BCUT2D eigenvalue weighted by Gasteiger charge is 2.32. The van der Waals surface area contributed by atoms with Gasteiger partial charge in [-0.15, -0.1) is 13.2 Å². The zero-order valence-electron chi connectivity index (χ0n) is 11.7. The summed E-state index contributed by atoms with van der Waals surface area (Å²) in [6.45, 7) is 0.0631. The van der Waals surface area contributed by atoms with Crippen LogP contribution in [0.2, 0.25) is 0 Å². The standard InChI is InChI=1S/C15H12F5NO2/c16-10-2-3-12(17)11(8-10)9-1-4-13(22-6-5-21)14(7-9)23-15(18,19)20/h1-4,7-8H,5-6,21H2. The van der Waals surface area contributed by atoms with Crippen LogP contribution in [0.1, 0.15) is 0 Å². The summed E-state index contributed by atoms with van der Waals surface area (Å²) in [7, 11) is 0. The first kappa shape index (κ1) is 17.0. The first-order valence-electron chi connectivity index (χ1n) is 6.48. The lowest BCUT2D eigenvalue weighted by Gasteiger charge is -2.15. The van der Waals surface area contributed by atoms with E-state index in [0.717, 1.165) is 24.3 Å². The molecule has 0 bridgehead atoms. The molecule has 2 aromatic rings. The van der Waals surface area contributed by atoms with E-state index in [4.69, 9.17) is 10.5 Å². The first-order chi connectivity index (χ1) is 10.8. The zero-order valence-corrected chi connectivity index (χ0v) is 11.7. The zero-order chi connectivity index (χ0) is 17.0. The smallest absolute Gasteiger partial charge is 0.488 e. The Bertz CT molecular complexity index is 688. The van der Waals surface area contributed by atoms with Gasteiger partial charge in [0.1, 0.15) is 18.2 Å². The molecule has 0 aromatic heterocycles. The predicted octanol–water partition coefficient (Wildman–Crippen LogP) is 3.87. The van der Waals surface area contributed by atoms with Crippen molar-refractivity contribution in [1.29, 1.82) is 0 Å². The second kappa shape index (κ2) is 6.82. The molecule has 2 aromatic carbocycles. The minimum atomic E-state index is -4.96. The number of rotatable bonds is 5. The molecular formula is C15H12F5NO2. The van der Waals surface area contributed by atoms with Crippen LogP contribution in [-0.4, -0.2) is 19.5 Å². The van der Waals surface area contributed by atoms with Crippen molar-refractivity contribution in [1.82, 2.24) is 0 Å². The van der Waals surface area contributed by atoms with Crippen LogP contribution in [0, 0.1) is 11.6 Å². The molecule has 0 heterocycles. The van der Waals surface area contributed by atoms with Crippen LogP contribution in [0.5, 0.6) is 11.5 Å². The quantitative estimate of drug-likeness (QED) is 0.845. The molecule has 8 heteroatoms. The summed E-state index contributed by atoms with van der Waals surface area (Å²) in [6, 6.07) is 6.07. The maximum atomic E-state index is 13.8. The molecule has 23 heavy (non-hydrogen) atoms. The summed E-state index contributed by atoms with van der Waals surface area (Å²) in [5.41, 5.74) is 5.05. The second-order valence-electron chi connectivity index (χ2n) is 4.47. The van der Waals surface area contributed by atoms with Gasteiger partial charge in [0, 0.05) is 12.1 Å². The molecule has 0 radical (unpaired) electrons. The number of hydrogen-bond acceptors (Lipinski definition) is 3. The Balaban J connectivity index is 2.46. The van der Waals surface area contributed by atoms with Crippen LogP contribution in [-0.2, 0) is 0 Å². The summed E-state index contributed by atoms with van der Waals surface area (Å²) in [6.07, 6.45) is -4.96. The lowest BCUT2D eigenvalue weighted by Crippen LogP contribution is -2.18. The van der Waals surface area contributed by atoms with Crippen molar-refractivity contribution in [3.05, 3.63) is 48.0 Å². The van der Waals surface area contributed by atoms with E-state index in [1.807, 2.05) is 0 Å². The Morgan fingerprint density at radius 2 is 1.70 bits per heavy atom. The van der Waals surface area contributed by atoms with Crippen molar-refractivity contribution in [2.24, 2.45) is 5.73 Å². The summed E-state index contributed by atoms with van der Waals surface area (Å²) in [5.74, 6) is -2.36. The van der Waals surface area contributed by atoms with Crippen LogP contribution in [0.3, 0.4) is 0 Å². The molecular weight excluding hydrogens is 321 g/mol. The number of ether oxygens (including phenoxy) is 2. The highest BCUT2D eigenvalue weighted by atomic mass is 19.4. The Labute approximate surface area is 128 Å². The normalized spacial score (nSPS) is 11.4. The number of nitrogens with two attached hydrogens (primary N) is 1. The van der Waals surface area contributed by atoms with E-state index in [2.05, 4.69) is 4.74 Å². The molecule has 3 nitrogen and oxygen atoms in total. The van der Waals surface area contributed by atoms with Gasteiger partial charge in [-0.25, -0.2) is 8.78 Å². The van der Waals surface area contributed by atoms with Crippen LogP contribution < -0.4 is 15.2 Å². The third kappa shape index (κ3) is 4.56. The van der Waals surface area contributed by atoms with Crippen molar-refractivity contribution in [2.75, 3.05) is 13.2 Å². The largest absolute Gasteiger partial charge is 0.573 e. The van der Waals surface area contributed by atoms with Crippen molar-refractivity contribution < 1.29 is 31.4 Å². The Hall–Kier alpha value is -2.35. The monoisotopic (exact) mass is 333 g/mol. The highest BCUT2D eigenvalue weighted by Crippen LogP contribution is 2.37. The van der Waals surface area contributed by atoms with Gasteiger partial charge in [-0.05, 0) is 35.9 Å². The molecule has 0 saturated heterocycles. The lowest BCUT2D eigenvalue weighted by molar-refractivity contribution is -0.275. The maximum absolute atomic E-state index is 13.8. The molecule has 0 unspecified atom stereocenters. The molecule has 0 aliphatic carbocycles. The van der Waals surface area contributed by atoms with Crippen LogP contribution in [0.4, 0.5) is 22.0 Å². The number of hydrogen-bond donors (Lipinski definition) is 1. The van der Waals surface area contributed by atoms with E-state index in [0.29, 0.717) is 0 Å². The average molecular weight is 333 g/mol. The molecule has 0 aliphatic rings. The highest BCUT2D eigenvalue weighted by molar-refractivity contribution is 5.67. The number of benzene rings is 2. The molecule has 2 rings (SSSR count). The van der Waals surface area contributed by atoms with Crippen molar-refractivity contribution in [3.8, 4) is 22.6 Å². The molecule has 0 spiro atoms. The van der Waals surface area contributed by atoms with E-state index in [1.165, 1.54) is 12.1 Å². The van der Waals surface area contributed by atoms with Crippen molar-refractivity contribution in [2.45, 2.75) is 6.36 Å². The topological polar surface area (TPSA) is 44.5 Å². The third-order valence-electron chi connectivity index (χ3n) is 2.78. The molecule has 124 valence electrons. The van der Waals surface area contributed by atoms with Crippen LogP contribution in [0.15, 0.2) is 36.4 Å². The fourth-order valence-corrected chi connectivity index (χ4v) is 1.89. The SMILES string of the molecule is NCCOc1ccc(-c2cc(F)ccc2F)cc1OC(F)(F)F. The minimum absolute atomic E-state index is 0.0151. The minimum Gasteiger partial charge on any atom is -0.488 e. The maximum Gasteiger partial charge on any atom is 0.573 e. The summed E-state index contributed by atoms with van der Waals surface area (Å²) < 4.78 is 73.4. The molecule has 0 aliphatic heterocycles. The lowest BCUT2D eigenvalue weighted by atomic mass is 10.0. The Morgan fingerprint density at radius 1 is 0.957 bits per heavy atom. The van der Waals surface area contributed by atoms with Crippen molar-refractivity contribution >= 4 is 0 Å². The van der Waals surface area contributed by atoms with E-state index < -0.39 is 23.7 Å². The van der Waals surface area contributed by atoms with Gasteiger partial charge in [-0.3, -0.25) is 0 Å². The van der Waals surface area contributed by atoms with Gasteiger partial charge in [0.15, 0.2) is 11.5 Å². The van der Waals surface area contributed by atoms with Crippen LogP contribution >= 0.6 is 0 Å². The second-order valence-corrected chi connectivity index (χ2v) is 4.47. The van der Waals surface area contributed by atoms with E-state index in [1.54, 1.807) is 0 Å². The van der Waals surface area contributed by atoms with E-state index >= 15 is 0 Å². The molecule has 0 atom stereocenters. The van der Waals surface area contributed by atoms with Crippen molar-refractivity contribution in [3.63, 3.8) is 0 Å². The summed E-state index contributed by atoms with van der Waals surface area (Å²) in [4.78, 5) is 0. The summed E-state index contributed by atoms with van der Waals surface area (Å²) >= 11 is 0. The van der Waals surface area contributed by atoms with Gasteiger partial charge < -0.3 is 15.2 Å². The van der Waals surface area contributed by atoms with Gasteiger partial charge in [0.25, 0.3) is 0 Å². The number of halogens is 5. The fraction of sp³-hybridized carbons (Fsp3) is 0.200. The Kier molecular flexibility index (Phi) is 5.05. The Morgan fingerprint density at radius 3 is 2.35 bits per heavy atom. The molecule has 2 N–H and O–H groups in total. The van der Waals surface area contributed by atoms with E-state index in [9.17, 15) is 22.0 Å². The third-order valence-corrected chi connectivity index (χ3v) is 2.78. The summed E-state index contributed by atoms with van der Waals surface area (Å²) in [5, 5.41) is 0. The van der Waals surface area contributed by atoms with Gasteiger partial charge in [-0.1, -0.05) is 6.07 Å². The van der Waals surface area contributed by atoms with Gasteiger partial charge >= 0.3 is 6.36 Å². The molecule has 0 fully saturated rings. The molecule has 0 amide bonds. The molecule has 0 saturated carbocycles. The van der Waals surface area contributed by atoms with Gasteiger partial charge in [0.2, 0.25) is 0 Å². The van der Waals surface area contributed by atoms with Gasteiger partial charge in [0.05, 0.1) is 0 Å².